The smallest absolute Gasteiger partial charge is 0.157 e. The number of hydrogen-bond donors (Lipinski definition) is 1. The van der Waals surface area contributed by atoms with Gasteiger partial charge in [-0.25, -0.2) is 9.97 Å². The van der Waals surface area contributed by atoms with Crippen LogP contribution in [0.15, 0.2) is 48.1 Å². The van der Waals surface area contributed by atoms with E-state index in [0.717, 1.165) is 59.6 Å². The largest absolute Gasteiger partial charge is 0.355 e. The second-order valence-electron chi connectivity index (χ2n) is 9.64. The lowest BCUT2D eigenvalue weighted by Crippen LogP contribution is -2.42. The summed E-state index contributed by atoms with van der Waals surface area (Å²) in [4.78, 5) is 13.9. The molecule has 6 nitrogen and oxygen atoms in total. The second kappa shape index (κ2) is 9.59. The van der Waals surface area contributed by atoms with Crippen molar-refractivity contribution in [1.29, 1.82) is 0 Å². The van der Waals surface area contributed by atoms with Crippen LogP contribution in [0.1, 0.15) is 38.0 Å². The van der Waals surface area contributed by atoms with Crippen molar-refractivity contribution in [2.45, 2.75) is 44.9 Å². The topological polar surface area (TPSA) is 59.5 Å². The van der Waals surface area contributed by atoms with Gasteiger partial charge in [0.05, 0.1) is 28.0 Å². The van der Waals surface area contributed by atoms with Gasteiger partial charge in [-0.05, 0) is 69.0 Å². The maximum absolute atomic E-state index is 6.01. The van der Waals surface area contributed by atoms with E-state index in [-0.39, 0.29) is 11.8 Å². The molecule has 0 bridgehead atoms. The van der Waals surface area contributed by atoms with Crippen molar-refractivity contribution in [3.05, 3.63) is 53.0 Å². The van der Waals surface area contributed by atoms with Crippen LogP contribution < -0.4 is 5.32 Å². The van der Waals surface area contributed by atoms with E-state index in [1.165, 1.54) is 21.6 Å². The standard InChI is InChI=1S/C27H30N4O2S2/c1-27(2)20(9-11-31(27)12-14-33-25-5-3-4-13-32-25)24-16-19-21(8-10-28-26(19)35-24)30-18-6-7-23-22(15-18)29-17-34-23/h6-10,15-17,25H,3-5,11-14H2,1-2H3,(H,28,30). The molecule has 1 fully saturated rings. The molecule has 1 N–H and O–H groups in total. The predicted molar refractivity (Wildman–Crippen MR) is 146 cm³/mol. The van der Waals surface area contributed by atoms with Gasteiger partial charge < -0.3 is 14.8 Å². The van der Waals surface area contributed by atoms with Gasteiger partial charge in [-0.3, -0.25) is 4.90 Å². The fourth-order valence-electron chi connectivity index (χ4n) is 5.03. The van der Waals surface area contributed by atoms with E-state index in [0.29, 0.717) is 6.61 Å². The van der Waals surface area contributed by atoms with Crippen LogP contribution in [-0.2, 0) is 9.47 Å². The minimum Gasteiger partial charge on any atom is -0.355 e. The molecule has 6 rings (SSSR count). The summed E-state index contributed by atoms with van der Waals surface area (Å²) in [5.74, 6) is 0. The number of pyridine rings is 1. The molecule has 1 aromatic carbocycles. The molecule has 182 valence electrons. The van der Waals surface area contributed by atoms with Gasteiger partial charge in [0.1, 0.15) is 4.83 Å². The van der Waals surface area contributed by atoms with E-state index < -0.39 is 0 Å². The molecular weight excluding hydrogens is 476 g/mol. The molecular formula is C27H30N4O2S2. The summed E-state index contributed by atoms with van der Waals surface area (Å²) < 4.78 is 12.9. The number of fused-ring (bicyclic) bond motifs is 2. The van der Waals surface area contributed by atoms with Gasteiger partial charge in [0.15, 0.2) is 6.29 Å². The molecule has 0 amide bonds. The third-order valence-corrected chi connectivity index (χ3v) is 8.97. The van der Waals surface area contributed by atoms with Crippen molar-refractivity contribution in [1.82, 2.24) is 14.9 Å². The Morgan fingerprint density at radius 2 is 2.14 bits per heavy atom. The summed E-state index contributed by atoms with van der Waals surface area (Å²) >= 11 is 3.43. The van der Waals surface area contributed by atoms with Crippen LogP contribution in [0.4, 0.5) is 11.4 Å². The van der Waals surface area contributed by atoms with Crippen LogP contribution in [-0.4, -0.2) is 53.0 Å². The second-order valence-corrected chi connectivity index (χ2v) is 11.6. The van der Waals surface area contributed by atoms with E-state index in [1.807, 2.05) is 11.7 Å². The van der Waals surface area contributed by atoms with Gasteiger partial charge >= 0.3 is 0 Å². The Bertz CT molecular complexity index is 1370. The number of benzene rings is 1. The third-order valence-electron chi connectivity index (χ3n) is 7.08. The van der Waals surface area contributed by atoms with E-state index in [1.54, 1.807) is 22.7 Å². The zero-order valence-electron chi connectivity index (χ0n) is 20.1. The van der Waals surface area contributed by atoms with Gasteiger partial charge in [0.25, 0.3) is 0 Å². The molecule has 2 aliphatic rings. The highest BCUT2D eigenvalue weighted by Crippen LogP contribution is 2.42. The van der Waals surface area contributed by atoms with Crippen molar-refractivity contribution in [2.24, 2.45) is 0 Å². The highest BCUT2D eigenvalue weighted by molar-refractivity contribution is 7.19. The van der Waals surface area contributed by atoms with Crippen LogP contribution in [0, 0.1) is 0 Å². The quantitative estimate of drug-likeness (QED) is 0.302. The van der Waals surface area contributed by atoms with Gasteiger partial charge in [-0.2, -0.15) is 0 Å². The Hall–Kier alpha value is -2.36. The summed E-state index contributed by atoms with van der Waals surface area (Å²) in [6.07, 6.45) is 7.58. The summed E-state index contributed by atoms with van der Waals surface area (Å²) in [5, 5.41) is 4.75. The van der Waals surface area contributed by atoms with Crippen molar-refractivity contribution in [3.63, 3.8) is 0 Å². The molecule has 1 saturated heterocycles. The van der Waals surface area contributed by atoms with Crippen LogP contribution in [0.5, 0.6) is 0 Å². The molecule has 0 spiro atoms. The number of aromatic nitrogens is 2. The molecule has 8 heteroatoms. The minimum absolute atomic E-state index is 0.0299. The van der Waals surface area contributed by atoms with Crippen molar-refractivity contribution in [2.75, 3.05) is 31.6 Å². The van der Waals surface area contributed by atoms with Crippen molar-refractivity contribution >= 4 is 60.1 Å². The van der Waals surface area contributed by atoms with E-state index >= 15 is 0 Å². The van der Waals surface area contributed by atoms with Crippen molar-refractivity contribution < 1.29 is 9.47 Å². The Labute approximate surface area is 213 Å². The average molecular weight is 507 g/mol. The Morgan fingerprint density at radius 1 is 1.20 bits per heavy atom. The first-order valence-corrected chi connectivity index (χ1v) is 14.0. The number of nitrogens with one attached hydrogen (secondary N) is 1. The molecule has 2 aliphatic heterocycles. The van der Waals surface area contributed by atoms with Crippen LogP contribution in [0.2, 0.25) is 0 Å². The van der Waals surface area contributed by atoms with Crippen LogP contribution in [0.3, 0.4) is 0 Å². The Balaban J connectivity index is 1.18. The molecule has 4 aromatic rings. The normalized spacial score (nSPS) is 20.5. The highest BCUT2D eigenvalue weighted by Gasteiger charge is 2.36. The first kappa shape index (κ1) is 23.1. The monoisotopic (exact) mass is 506 g/mol. The molecule has 3 aromatic heterocycles. The van der Waals surface area contributed by atoms with Crippen LogP contribution >= 0.6 is 22.7 Å². The maximum Gasteiger partial charge on any atom is 0.157 e. The minimum atomic E-state index is -0.0685. The SMILES string of the molecule is CC1(C)C(c2cc3c(Nc4ccc5scnc5c4)ccnc3s2)=CCN1CCOC1CCCCO1. The first-order chi connectivity index (χ1) is 17.1. The molecule has 1 atom stereocenters. The number of thiophene rings is 1. The summed E-state index contributed by atoms with van der Waals surface area (Å²) in [7, 11) is 0. The maximum atomic E-state index is 6.01. The number of ether oxygens (including phenoxy) is 2. The number of rotatable bonds is 7. The predicted octanol–water partition coefficient (Wildman–Crippen LogP) is 6.67. The molecule has 1 unspecified atom stereocenters. The molecule has 0 radical (unpaired) electrons. The van der Waals surface area contributed by atoms with E-state index in [9.17, 15) is 0 Å². The Morgan fingerprint density at radius 3 is 3.03 bits per heavy atom. The molecule has 5 heterocycles. The number of nitrogens with zero attached hydrogens (tertiary/aromatic N) is 3. The zero-order chi connectivity index (χ0) is 23.8. The summed E-state index contributed by atoms with van der Waals surface area (Å²) in [6.45, 7) is 7.95. The van der Waals surface area contributed by atoms with Gasteiger partial charge in [0, 0.05) is 47.4 Å². The average Bonchev–Trinajstić information content (AvgIpc) is 3.57. The Kier molecular flexibility index (Phi) is 6.32. The molecule has 35 heavy (non-hydrogen) atoms. The van der Waals surface area contributed by atoms with Crippen LogP contribution in [0.25, 0.3) is 26.0 Å². The van der Waals surface area contributed by atoms with Gasteiger partial charge in [-0.15, -0.1) is 22.7 Å². The summed E-state index contributed by atoms with van der Waals surface area (Å²) in [5.41, 5.74) is 6.32. The fourth-order valence-corrected chi connectivity index (χ4v) is 6.91. The zero-order valence-corrected chi connectivity index (χ0v) is 21.8. The number of anilines is 2. The lowest BCUT2D eigenvalue weighted by atomic mass is 9.94. The lowest BCUT2D eigenvalue weighted by molar-refractivity contribution is -0.164. The molecule has 0 aliphatic carbocycles. The summed E-state index contributed by atoms with van der Waals surface area (Å²) in [6, 6.07) is 10.7. The lowest BCUT2D eigenvalue weighted by Gasteiger charge is -2.35. The van der Waals surface area contributed by atoms with Gasteiger partial charge in [-0.1, -0.05) is 6.08 Å². The van der Waals surface area contributed by atoms with Gasteiger partial charge in [0.2, 0.25) is 0 Å². The third kappa shape index (κ3) is 4.61. The first-order valence-electron chi connectivity index (χ1n) is 12.3. The van der Waals surface area contributed by atoms with Crippen molar-refractivity contribution in [3.8, 4) is 0 Å². The van der Waals surface area contributed by atoms with E-state index in [4.69, 9.17) is 9.47 Å². The molecule has 0 saturated carbocycles. The van der Waals surface area contributed by atoms with E-state index in [2.05, 4.69) is 70.4 Å². The fraction of sp³-hybridized carbons (Fsp3) is 0.407. The highest BCUT2D eigenvalue weighted by atomic mass is 32.1. The number of hydrogen-bond acceptors (Lipinski definition) is 8. The number of thiazole rings is 1.